The summed E-state index contributed by atoms with van der Waals surface area (Å²) in [5, 5.41) is 0. The Morgan fingerprint density at radius 2 is 2.31 bits per heavy atom. The third-order valence-electron chi connectivity index (χ3n) is 3.24. The molecule has 0 aliphatic carbocycles. The Morgan fingerprint density at radius 3 is 3.00 bits per heavy atom. The molecule has 0 bridgehead atoms. The number of hydrogen-bond donors (Lipinski definition) is 1. The first kappa shape index (κ1) is 11.9. The summed E-state index contributed by atoms with van der Waals surface area (Å²) in [6, 6.07) is 6.18. The lowest BCUT2D eigenvalue weighted by Gasteiger charge is -2.31. The average Bonchev–Trinajstić information content (AvgIpc) is 2.22. The smallest absolute Gasteiger partial charge is 0.0371 e. The molecule has 0 amide bonds. The minimum Gasteiger partial charge on any atom is -0.398 e. The van der Waals surface area contributed by atoms with Crippen LogP contribution in [0, 0.1) is 5.92 Å². The van der Waals surface area contributed by atoms with E-state index >= 15 is 0 Å². The van der Waals surface area contributed by atoms with Crippen LogP contribution in [-0.4, -0.2) is 18.0 Å². The predicted octanol–water partition coefficient (Wildman–Crippen LogP) is 3.26. The van der Waals surface area contributed by atoms with Gasteiger partial charge in [-0.05, 0) is 43.0 Å². The fraction of sp³-hybridized carbons (Fsp3) is 0.538. The van der Waals surface area contributed by atoms with Gasteiger partial charge in [0.1, 0.15) is 0 Å². The number of nitrogens with two attached hydrogens (primary N) is 1. The van der Waals surface area contributed by atoms with Crippen molar-refractivity contribution in [2.75, 3.05) is 18.8 Å². The van der Waals surface area contributed by atoms with E-state index in [9.17, 15) is 0 Å². The van der Waals surface area contributed by atoms with E-state index in [1.165, 1.54) is 31.5 Å². The van der Waals surface area contributed by atoms with Crippen LogP contribution in [0.3, 0.4) is 0 Å². The first-order chi connectivity index (χ1) is 7.65. The second-order valence-electron chi connectivity index (χ2n) is 4.83. The fourth-order valence-electron chi connectivity index (χ4n) is 2.38. The molecule has 0 spiro atoms. The molecule has 1 aromatic carbocycles. The van der Waals surface area contributed by atoms with Gasteiger partial charge in [0.05, 0.1) is 0 Å². The highest BCUT2D eigenvalue weighted by Gasteiger charge is 2.16. The summed E-state index contributed by atoms with van der Waals surface area (Å²) in [4.78, 5) is 2.51. The minimum atomic E-state index is 0.824. The van der Waals surface area contributed by atoms with E-state index < -0.39 is 0 Å². The zero-order valence-electron chi connectivity index (χ0n) is 9.75. The first-order valence-electron chi connectivity index (χ1n) is 5.91. The van der Waals surface area contributed by atoms with E-state index in [2.05, 4.69) is 39.9 Å². The van der Waals surface area contributed by atoms with Crippen molar-refractivity contribution in [1.82, 2.24) is 4.90 Å². The van der Waals surface area contributed by atoms with Crippen molar-refractivity contribution >= 4 is 21.6 Å². The van der Waals surface area contributed by atoms with Crippen LogP contribution in [0.15, 0.2) is 22.7 Å². The molecule has 0 radical (unpaired) electrons. The number of likely N-dealkylation sites (tertiary alicyclic amines) is 1. The quantitative estimate of drug-likeness (QED) is 0.844. The zero-order valence-corrected chi connectivity index (χ0v) is 11.3. The number of hydrogen-bond acceptors (Lipinski definition) is 2. The third kappa shape index (κ3) is 2.98. The lowest BCUT2D eigenvalue weighted by molar-refractivity contribution is 0.177. The van der Waals surface area contributed by atoms with Crippen LogP contribution >= 0.6 is 15.9 Å². The van der Waals surface area contributed by atoms with Crippen molar-refractivity contribution < 1.29 is 0 Å². The summed E-state index contributed by atoms with van der Waals surface area (Å²) >= 11 is 3.44. The van der Waals surface area contributed by atoms with Crippen molar-refractivity contribution in [3.63, 3.8) is 0 Å². The van der Waals surface area contributed by atoms with Crippen LogP contribution in [-0.2, 0) is 6.54 Å². The SMILES string of the molecule is CC1CCCN(Cc2ccc(Br)cc2N)C1. The zero-order chi connectivity index (χ0) is 11.5. The molecule has 1 aromatic rings. The molecule has 0 saturated carbocycles. The molecule has 3 heteroatoms. The van der Waals surface area contributed by atoms with Gasteiger partial charge in [0.15, 0.2) is 0 Å². The van der Waals surface area contributed by atoms with Crippen molar-refractivity contribution in [2.45, 2.75) is 26.3 Å². The second kappa shape index (κ2) is 5.19. The number of piperidine rings is 1. The summed E-state index contributed by atoms with van der Waals surface area (Å²) in [5.41, 5.74) is 8.16. The number of halogens is 1. The van der Waals surface area contributed by atoms with E-state index in [1.54, 1.807) is 0 Å². The number of rotatable bonds is 2. The van der Waals surface area contributed by atoms with Gasteiger partial charge in [0.25, 0.3) is 0 Å². The van der Waals surface area contributed by atoms with Gasteiger partial charge in [-0.3, -0.25) is 4.90 Å². The van der Waals surface area contributed by atoms with Gasteiger partial charge in [-0.25, -0.2) is 0 Å². The van der Waals surface area contributed by atoms with Gasteiger partial charge in [0, 0.05) is 23.2 Å². The van der Waals surface area contributed by atoms with Gasteiger partial charge < -0.3 is 5.73 Å². The molecule has 1 fully saturated rings. The maximum absolute atomic E-state index is 6.02. The molecular weight excluding hydrogens is 264 g/mol. The van der Waals surface area contributed by atoms with Gasteiger partial charge in [-0.15, -0.1) is 0 Å². The maximum Gasteiger partial charge on any atom is 0.0371 e. The molecule has 2 N–H and O–H groups in total. The Hall–Kier alpha value is -0.540. The topological polar surface area (TPSA) is 29.3 Å². The summed E-state index contributed by atoms with van der Waals surface area (Å²) in [6.45, 7) is 5.73. The first-order valence-corrected chi connectivity index (χ1v) is 6.70. The van der Waals surface area contributed by atoms with E-state index in [0.717, 1.165) is 22.6 Å². The highest BCUT2D eigenvalue weighted by Crippen LogP contribution is 2.22. The molecular formula is C13H19BrN2. The largest absolute Gasteiger partial charge is 0.398 e. The summed E-state index contributed by atoms with van der Waals surface area (Å²) in [5.74, 6) is 0.824. The predicted molar refractivity (Wildman–Crippen MR) is 72.2 cm³/mol. The molecule has 2 nitrogen and oxygen atoms in total. The molecule has 0 aromatic heterocycles. The van der Waals surface area contributed by atoms with Crippen molar-refractivity contribution in [2.24, 2.45) is 5.92 Å². The molecule has 2 rings (SSSR count). The van der Waals surface area contributed by atoms with Crippen LogP contribution in [0.4, 0.5) is 5.69 Å². The van der Waals surface area contributed by atoms with Crippen LogP contribution in [0.1, 0.15) is 25.3 Å². The van der Waals surface area contributed by atoms with E-state index in [4.69, 9.17) is 5.73 Å². The fourth-order valence-corrected chi connectivity index (χ4v) is 2.76. The van der Waals surface area contributed by atoms with Crippen LogP contribution < -0.4 is 5.73 Å². The third-order valence-corrected chi connectivity index (χ3v) is 3.74. The molecule has 1 atom stereocenters. The van der Waals surface area contributed by atoms with E-state index in [-0.39, 0.29) is 0 Å². The van der Waals surface area contributed by atoms with Gasteiger partial charge >= 0.3 is 0 Å². The highest BCUT2D eigenvalue weighted by atomic mass is 79.9. The Morgan fingerprint density at radius 1 is 1.50 bits per heavy atom. The normalized spacial score (nSPS) is 22.2. The van der Waals surface area contributed by atoms with Crippen molar-refractivity contribution in [3.05, 3.63) is 28.2 Å². The number of nitrogens with zero attached hydrogens (tertiary/aromatic N) is 1. The summed E-state index contributed by atoms with van der Waals surface area (Å²) in [6.07, 6.45) is 2.68. The van der Waals surface area contributed by atoms with Crippen molar-refractivity contribution in [3.8, 4) is 0 Å². The van der Waals surface area contributed by atoms with E-state index in [0.29, 0.717) is 0 Å². The number of anilines is 1. The van der Waals surface area contributed by atoms with Gasteiger partial charge in [-0.1, -0.05) is 28.9 Å². The standard InChI is InChI=1S/C13H19BrN2/c1-10-3-2-6-16(8-10)9-11-4-5-12(14)7-13(11)15/h4-5,7,10H,2-3,6,8-9,15H2,1H3. The highest BCUT2D eigenvalue weighted by molar-refractivity contribution is 9.10. The number of nitrogen functional groups attached to an aromatic ring is 1. The van der Waals surface area contributed by atoms with Crippen molar-refractivity contribution in [1.29, 1.82) is 0 Å². The average molecular weight is 283 g/mol. The molecule has 1 saturated heterocycles. The summed E-state index contributed by atoms with van der Waals surface area (Å²) < 4.78 is 1.06. The minimum absolute atomic E-state index is 0.824. The van der Waals surface area contributed by atoms with Crippen LogP contribution in [0.2, 0.25) is 0 Å². The Bertz CT molecular complexity index is 365. The van der Waals surface area contributed by atoms with Gasteiger partial charge in [-0.2, -0.15) is 0 Å². The lowest BCUT2D eigenvalue weighted by atomic mass is 9.99. The van der Waals surface area contributed by atoms with Crippen LogP contribution in [0.5, 0.6) is 0 Å². The molecule has 1 aliphatic rings. The molecule has 1 heterocycles. The lowest BCUT2D eigenvalue weighted by Crippen LogP contribution is -2.33. The second-order valence-corrected chi connectivity index (χ2v) is 5.74. The number of benzene rings is 1. The maximum atomic E-state index is 6.02. The van der Waals surface area contributed by atoms with Crippen LogP contribution in [0.25, 0.3) is 0 Å². The molecule has 88 valence electrons. The Balaban J connectivity index is 2.02. The van der Waals surface area contributed by atoms with Gasteiger partial charge in [0.2, 0.25) is 0 Å². The Kier molecular flexibility index (Phi) is 3.87. The molecule has 16 heavy (non-hydrogen) atoms. The summed E-state index contributed by atoms with van der Waals surface area (Å²) in [7, 11) is 0. The Labute approximate surface area is 106 Å². The molecule has 1 aliphatic heterocycles. The monoisotopic (exact) mass is 282 g/mol. The van der Waals surface area contributed by atoms with E-state index in [1.807, 2.05) is 6.07 Å². The molecule has 1 unspecified atom stereocenters.